The molecule has 1 N–H and O–H groups in total. The molecule has 0 saturated carbocycles. The first-order valence-electron chi connectivity index (χ1n) is 7.87. The minimum Gasteiger partial charge on any atom is -0.321 e. The van der Waals surface area contributed by atoms with Crippen molar-refractivity contribution in [3.63, 3.8) is 0 Å². The summed E-state index contributed by atoms with van der Waals surface area (Å²) in [5.41, 5.74) is 2.20. The van der Waals surface area contributed by atoms with Crippen LogP contribution < -0.4 is 10.2 Å². The second-order valence-corrected chi connectivity index (χ2v) is 5.85. The lowest BCUT2D eigenvalue weighted by atomic mass is 10.2. The predicted octanol–water partition coefficient (Wildman–Crippen LogP) is 4.08. The average molecular weight is 340 g/mol. The third-order valence-corrected chi connectivity index (χ3v) is 3.82. The topological polar surface area (TPSA) is 44.7 Å². The molecule has 0 aliphatic carbocycles. The van der Waals surface area contributed by atoms with Gasteiger partial charge in [0.05, 0.1) is 5.69 Å². The van der Waals surface area contributed by atoms with Crippen LogP contribution in [0.4, 0.5) is 5.69 Å². The number of amides is 1. The van der Waals surface area contributed by atoms with Crippen LogP contribution in [0.1, 0.15) is 18.9 Å². The van der Waals surface area contributed by atoms with E-state index in [1.165, 1.54) is 0 Å². The van der Waals surface area contributed by atoms with E-state index in [0.717, 1.165) is 17.7 Å². The Balaban J connectivity index is 1.97. The van der Waals surface area contributed by atoms with E-state index in [1.54, 1.807) is 17.0 Å². The van der Waals surface area contributed by atoms with Gasteiger partial charge in [-0.3, -0.25) is 9.79 Å². The van der Waals surface area contributed by atoms with Gasteiger partial charge in [0.2, 0.25) is 5.96 Å². The van der Waals surface area contributed by atoms with Gasteiger partial charge >= 0.3 is 0 Å². The Morgan fingerprint density at radius 1 is 1.12 bits per heavy atom. The van der Waals surface area contributed by atoms with Crippen molar-refractivity contribution in [1.82, 2.24) is 5.32 Å². The van der Waals surface area contributed by atoms with E-state index in [4.69, 9.17) is 11.6 Å². The van der Waals surface area contributed by atoms with Crippen molar-refractivity contribution in [2.24, 2.45) is 4.99 Å². The van der Waals surface area contributed by atoms with Crippen molar-refractivity contribution in [2.75, 3.05) is 11.4 Å². The Hall–Kier alpha value is -2.59. The maximum Gasteiger partial charge on any atom is 0.281 e. The lowest BCUT2D eigenvalue weighted by molar-refractivity contribution is -0.113. The minimum atomic E-state index is -0.129. The molecule has 1 saturated heterocycles. The molecule has 0 radical (unpaired) electrons. The van der Waals surface area contributed by atoms with E-state index in [1.807, 2.05) is 55.5 Å². The van der Waals surface area contributed by atoms with Crippen LogP contribution in [0.3, 0.4) is 0 Å². The van der Waals surface area contributed by atoms with E-state index in [9.17, 15) is 4.79 Å². The molecule has 4 nitrogen and oxygen atoms in total. The summed E-state index contributed by atoms with van der Waals surface area (Å²) < 4.78 is 0. The van der Waals surface area contributed by atoms with E-state index < -0.39 is 0 Å². The molecule has 2 aromatic carbocycles. The Labute approximate surface area is 146 Å². The van der Waals surface area contributed by atoms with Gasteiger partial charge in [-0.2, -0.15) is 0 Å². The number of nitrogens with zero attached hydrogens (tertiary/aromatic N) is 2. The first-order valence-corrected chi connectivity index (χ1v) is 8.25. The third-order valence-electron chi connectivity index (χ3n) is 3.57. The molecule has 0 aromatic heterocycles. The molecule has 1 fully saturated rings. The van der Waals surface area contributed by atoms with Gasteiger partial charge in [-0.05, 0) is 42.3 Å². The highest BCUT2D eigenvalue weighted by Gasteiger charge is 2.33. The fourth-order valence-corrected chi connectivity index (χ4v) is 2.54. The second-order valence-electron chi connectivity index (χ2n) is 5.42. The van der Waals surface area contributed by atoms with E-state index in [2.05, 4.69) is 10.3 Å². The summed E-state index contributed by atoms with van der Waals surface area (Å²) in [4.78, 5) is 18.9. The number of rotatable bonds is 4. The van der Waals surface area contributed by atoms with Gasteiger partial charge in [0, 0.05) is 11.6 Å². The van der Waals surface area contributed by atoms with Gasteiger partial charge in [0.25, 0.3) is 5.91 Å². The largest absolute Gasteiger partial charge is 0.321 e. The number of guanidine groups is 1. The smallest absolute Gasteiger partial charge is 0.281 e. The van der Waals surface area contributed by atoms with Gasteiger partial charge in [-0.25, -0.2) is 4.90 Å². The molecule has 1 aliphatic heterocycles. The summed E-state index contributed by atoms with van der Waals surface area (Å²) >= 11 is 5.95. The van der Waals surface area contributed by atoms with Gasteiger partial charge in [-0.15, -0.1) is 0 Å². The molecule has 122 valence electrons. The quantitative estimate of drug-likeness (QED) is 0.853. The van der Waals surface area contributed by atoms with Crippen LogP contribution in [0.5, 0.6) is 0 Å². The number of anilines is 1. The zero-order valence-corrected chi connectivity index (χ0v) is 14.1. The fourth-order valence-electron chi connectivity index (χ4n) is 2.42. The van der Waals surface area contributed by atoms with Crippen LogP contribution in [0, 0.1) is 0 Å². The van der Waals surface area contributed by atoms with Gasteiger partial charge < -0.3 is 5.32 Å². The van der Waals surface area contributed by atoms with Crippen LogP contribution in [-0.4, -0.2) is 18.4 Å². The Kier molecular flexibility index (Phi) is 4.96. The standard InChI is InChI=1S/C19H18ClN3O/c1-2-12-21-19-22-17(13-14-6-4-3-5-7-14)18(24)23(19)16-10-8-15(20)9-11-16/h3-11,13H,2,12H2,1H3,(H,21,22)/b17-13+. The molecular formula is C19H18ClN3O. The summed E-state index contributed by atoms with van der Waals surface area (Å²) in [6.07, 6.45) is 2.74. The molecule has 24 heavy (non-hydrogen) atoms. The number of hydrogen-bond donors (Lipinski definition) is 1. The normalized spacial score (nSPS) is 17.6. The van der Waals surface area contributed by atoms with Crippen molar-refractivity contribution in [3.8, 4) is 0 Å². The number of halogens is 1. The van der Waals surface area contributed by atoms with E-state index >= 15 is 0 Å². The number of carbonyl (C=O) groups is 1. The summed E-state index contributed by atoms with van der Waals surface area (Å²) in [6.45, 7) is 2.70. The van der Waals surface area contributed by atoms with Crippen molar-refractivity contribution < 1.29 is 4.79 Å². The molecule has 3 rings (SSSR count). The Bertz CT molecular complexity index is 782. The third kappa shape index (κ3) is 3.49. The highest BCUT2D eigenvalue weighted by atomic mass is 35.5. The number of benzene rings is 2. The zero-order chi connectivity index (χ0) is 16.9. The molecule has 1 heterocycles. The van der Waals surface area contributed by atoms with Gasteiger partial charge in [0.1, 0.15) is 5.70 Å². The molecule has 1 aliphatic rings. The maximum absolute atomic E-state index is 12.9. The van der Waals surface area contributed by atoms with Gasteiger partial charge in [-0.1, -0.05) is 48.9 Å². The van der Waals surface area contributed by atoms with Gasteiger partial charge in [0.15, 0.2) is 0 Å². The zero-order valence-electron chi connectivity index (χ0n) is 13.4. The maximum atomic E-state index is 12.9. The van der Waals surface area contributed by atoms with Crippen molar-refractivity contribution in [2.45, 2.75) is 13.3 Å². The Morgan fingerprint density at radius 2 is 1.83 bits per heavy atom. The molecule has 0 atom stereocenters. The lowest BCUT2D eigenvalue weighted by Gasteiger charge is -2.15. The van der Waals surface area contributed by atoms with Crippen molar-refractivity contribution >= 4 is 35.2 Å². The number of nitrogens with one attached hydrogen (secondary N) is 1. The predicted molar refractivity (Wildman–Crippen MR) is 99.1 cm³/mol. The van der Waals surface area contributed by atoms with Crippen LogP contribution in [0.15, 0.2) is 65.3 Å². The summed E-state index contributed by atoms with van der Waals surface area (Å²) in [6, 6.07) is 16.9. The highest BCUT2D eigenvalue weighted by molar-refractivity contribution is 6.31. The molecule has 1 amide bonds. The molecule has 0 unspecified atom stereocenters. The summed E-state index contributed by atoms with van der Waals surface area (Å²) in [7, 11) is 0. The monoisotopic (exact) mass is 339 g/mol. The lowest BCUT2D eigenvalue weighted by Crippen LogP contribution is -2.32. The number of hydrogen-bond acceptors (Lipinski definition) is 2. The van der Waals surface area contributed by atoms with Crippen molar-refractivity contribution in [3.05, 3.63) is 70.9 Å². The molecule has 2 aromatic rings. The molecule has 0 spiro atoms. The van der Waals surface area contributed by atoms with E-state index in [0.29, 0.717) is 23.2 Å². The number of carbonyl (C=O) groups excluding carboxylic acids is 1. The Morgan fingerprint density at radius 3 is 2.50 bits per heavy atom. The fraction of sp³-hybridized carbons (Fsp3) is 0.158. The second kappa shape index (κ2) is 7.32. The first-order chi connectivity index (χ1) is 11.7. The summed E-state index contributed by atoms with van der Waals surface area (Å²) in [5, 5.41) is 3.77. The molecule has 0 bridgehead atoms. The van der Waals surface area contributed by atoms with E-state index in [-0.39, 0.29) is 5.91 Å². The SMILES string of the molecule is CCCN=C1N/C(=C/c2ccccc2)C(=O)N1c1ccc(Cl)cc1. The van der Waals surface area contributed by atoms with Crippen molar-refractivity contribution in [1.29, 1.82) is 0 Å². The van der Waals surface area contributed by atoms with Crippen LogP contribution in [0.2, 0.25) is 5.02 Å². The van der Waals surface area contributed by atoms with Crippen LogP contribution >= 0.6 is 11.6 Å². The number of aliphatic imine (C=N–C) groups is 1. The highest BCUT2D eigenvalue weighted by Crippen LogP contribution is 2.24. The minimum absolute atomic E-state index is 0.129. The molecular weight excluding hydrogens is 322 g/mol. The average Bonchev–Trinajstić information content (AvgIpc) is 2.90. The van der Waals surface area contributed by atoms with Crippen LogP contribution in [-0.2, 0) is 4.79 Å². The first kappa shape index (κ1) is 16.3. The molecule has 5 heteroatoms. The summed E-state index contributed by atoms with van der Waals surface area (Å²) in [5.74, 6) is 0.419. The van der Waals surface area contributed by atoms with Crippen LogP contribution in [0.25, 0.3) is 6.08 Å².